The molecule has 0 spiro atoms. The van der Waals surface area contributed by atoms with E-state index in [9.17, 15) is 0 Å². The van der Waals surface area contributed by atoms with Crippen LogP contribution in [0.4, 0.5) is 0 Å². The number of nitrogens with zero attached hydrogens (tertiary/aromatic N) is 1. The van der Waals surface area contributed by atoms with Gasteiger partial charge in [0.15, 0.2) is 0 Å². The van der Waals surface area contributed by atoms with Gasteiger partial charge in [-0.3, -0.25) is 0 Å². The molecule has 0 atom stereocenters. The van der Waals surface area contributed by atoms with E-state index in [1.165, 1.54) is 5.56 Å². The summed E-state index contributed by atoms with van der Waals surface area (Å²) in [5.74, 6) is 0.653. The second-order valence-electron chi connectivity index (χ2n) is 3.70. The van der Waals surface area contributed by atoms with E-state index in [0.29, 0.717) is 5.88 Å². The van der Waals surface area contributed by atoms with Gasteiger partial charge >= 0.3 is 0 Å². The Bertz CT molecular complexity index is 263. The molecule has 1 heterocycles. The van der Waals surface area contributed by atoms with Crippen molar-refractivity contribution in [2.45, 2.75) is 25.0 Å². The maximum absolute atomic E-state index is 4.97. The second-order valence-corrected chi connectivity index (χ2v) is 4.91. The van der Waals surface area contributed by atoms with Crippen molar-refractivity contribution < 1.29 is 4.74 Å². The summed E-state index contributed by atoms with van der Waals surface area (Å²) in [4.78, 5) is 4.13. The monoisotopic (exact) mass is 197 g/mol. The molecule has 0 aliphatic heterocycles. The molecule has 72 valence electrons. The number of methoxy groups -OCH3 is 1. The molecule has 0 aromatic carbocycles. The molecule has 1 aromatic rings. The van der Waals surface area contributed by atoms with E-state index in [0.717, 1.165) is 6.42 Å². The van der Waals surface area contributed by atoms with Gasteiger partial charge in [0.05, 0.1) is 7.11 Å². The van der Waals surface area contributed by atoms with Gasteiger partial charge in [-0.15, -0.1) is 0 Å². The summed E-state index contributed by atoms with van der Waals surface area (Å²) in [6, 6.07) is 3.89. The van der Waals surface area contributed by atoms with Crippen LogP contribution in [0.3, 0.4) is 0 Å². The molecule has 0 aliphatic carbocycles. The number of ether oxygens (including phenoxy) is 1. The fourth-order valence-corrected chi connectivity index (χ4v) is 1.32. The van der Waals surface area contributed by atoms with Crippen LogP contribution in [0.2, 0.25) is 0 Å². The predicted octanol–water partition coefficient (Wildman–Crippen LogP) is 2.34. The number of pyridine rings is 1. The Labute approximate surface area is 84.7 Å². The van der Waals surface area contributed by atoms with Crippen molar-refractivity contribution in [1.29, 1.82) is 0 Å². The molecule has 2 nitrogen and oxygen atoms in total. The zero-order chi connectivity index (χ0) is 9.90. The molecule has 0 amide bonds. The summed E-state index contributed by atoms with van der Waals surface area (Å²) in [6.45, 7) is 4.17. The first kappa shape index (κ1) is 10.4. The average Bonchev–Trinajstić information content (AvgIpc) is 2.03. The van der Waals surface area contributed by atoms with E-state index in [1.807, 2.05) is 18.3 Å². The predicted molar refractivity (Wildman–Crippen MR) is 57.6 cm³/mol. The van der Waals surface area contributed by atoms with Crippen molar-refractivity contribution in [3.05, 3.63) is 23.9 Å². The van der Waals surface area contributed by atoms with Gasteiger partial charge in [0.2, 0.25) is 5.88 Å². The lowest BCUT2D eigenvalue weighted by atomic mass is 10.0. The molecule has 0 aliphatic rings. The van der Waals surface area contributed by atoms with E-state index < -0.39 is 0 Å². The lowest BCUT2D eigenvalue weighted by molar-refractivity contribution is 0.397. The molecule has 3 heteroatoms. The molecule has 0 N–H and O–H groups in total. The Hall–Kier alpha value is -0.700. The third-order valence-corrected chi connectivity index (χ3v) is 1.80. The molecule has 0 unspecified atom stereocenters. The molecule has 0 bridgehead atoms. The van der Waals surface area contributed by atoms with Crippen LogP contribution in [0.1, 0.15) is 19.4 Å². The maximum Gasteiger partial charge on any atom is 0.212 e. The zero-order valence-corrected chi connectivity index (χ0v) is 9.14. The second kappa shape index (κ2) is 4.01. The van der Waals surface area contributed by atoms with Gasteiger partial charge in [-0.25, -0.2) is 4.98 Å². The standard InChI is InChI=1S/C10H15NOS/c1-10(2,13)6-8-4-5-9(12-3)11-7-8/h4-5,7,13H,6H2,1-3H3. The maximum atomic E-state index is 4.97. The van der Waals surface area contributed by atoms with Gasteiger partial charge in [0.25, 0.3) is 0 Å². The van der Waals surface area contributed by atoms with Gasteiger partial charge in [0, 0.05) is 17.0 Å². The van der Waals surface area contributed by atoms with Gasteiger partial charge in [-0.05, 0) is 12.0 Å². The van der Waals surface area contributed by atoms with E-state index in [-0.39, 0.29) is 4.75 Å². The molecule has 1 aromatic heterocycles. The summed E-state index contributed by atoms with van der Waals surface area (Å²) in [6.07, 6.45) is 2.74. The molecular formula is C10H15NOS. The van der Waals surface area contributed by atoms with E-state index >= 15 is 0 Å². The van der Waals surface area contributed by atoms with Crippen LogP contribution in [0.25, 0.3) is 0 Å². The third kappa shape index (κ3) is 3.68. The van der Waals surface area contributed by atoms with E-state index in [4.69, 9.17) is 4.74 Å². The number of aromatic nitrogens is 1. The Morgan fingerprint density at radius 2 is 2.15 bits per heavy atom. The third-order valence-electron chi connectivity index (χ3n) is 1.64. The molecule has 13 heavy (non-hydrogen) atoms. The molecular weight excluding hydrogens is 182 g/mol. The highest BCUT2D eigenvalue weighted by molar-refractivity contribution is 7.81. The summed E-state index contributed by atoms with van der Waals surface area (Å²) < 4.78 is 4.98. The van der Waals surface area contributed by atoms with Crippen molar-refractivity contribution in [2.24, 2.45) is 0 Å². The molecule has 1 rings (SSSR count). The fourth-order valence-electron chi connectivity index (χ4n) is 1.14. The molecule has 0 saturated carbocycles. The van der Waals surface area contributed by atoms with Crippen molar-refractivity contribution in [2.75, 3.05) is 7.11 Å². The van der Waals surface area contributed by atoms with Crippen molar-refractivity contribution in [3.8, 4) is 5.88 Å². The van der Waals surface area contributed by atoms with E-state index in [2.05, 4.69) is 31.5 Å². The first-order chi connectivity index (χ1) is 6.01. The van der Waals surface area contributed by atoms with Crippen LogP contribution < -0.4 is 4.74 Å². The minimum absolute atomic E-state index is 0.0102. The number of rotatable bonds is 3. The highest BCUT2D eigenvalue weighted by atomic mass is 32.1. The smallest absolute Gasteiger partial charge is 0.212 e. The summed E-state index contributed by atoms with van der Waals surface area (Å²) in [5, 5.41) is 0. The lowest BCUT2D eigenvalue weighted by Gasteiger charge is -2.16. The highest BCUT2D eigenvalue weighted by Crippen LogP contribution is 2.19. The minimum Gasteiger partial charge on any atom is -0.481 e. The highest BCUT2D eigenvalue weighted by Gasteiger charge is 2.12. The topological polar surface area (TPSA) is 22.1 Å². The minimum atomic E-state index is 0.0102. The molecule has 0 fully saturated rings. The number of hydrogen-bond acceptors (Lipinski definition) is 3. The Morgan fingerprint density at radius 1 is 1.46 bits per heavy atom. The van der Waals surface area contributed by atoms with Crippen LogP contribution in [0, 0.1) is 0 Å². The normalized spacial score (nSPS) is 11.4. The van der Waals surface area contributed by atoms with Gasteiger partial charge in [-0.1, -0.05) is 19.9 Å². The number of thiol groups is 1. The van der Waals surface area contributed by atoms with Crippen LogP contribution in [-0.2, 0) is 6.42 Å². The zero-order valence-electron chi connectivity index (χ0n) is 8.24. The Kier molecular flexibility index (Phi) is 3.20. The first-order valence-corrected chi connectivity index (χ1v) is 4.67. The first-order valence-electron chi connectivity index (χ1n) is 4.22. The molecule has 0 radical (unpaired) electrons. The Morgan fingerprint density at radius 3 is 2.54 bits per heavy atom. The van der Waals surface area contributed by atoms with Crippen LogP contribution >= 0.6 is 12.6 Å². The summed E-state index contributed by atoms with van der Waals surface area (Å²) in [7, 11) is 1.62. The van der Waals surface area contributed by atoms with Crippen LogP contribution in [0.15, 0.2) is 18.3 Å². The van der Waals surface area contributed by atoms with Crippen molar-refractivity contribution in [3.63, 3.8) is 0 Å². The lowest BCUT2D eigenvalue weighted by Crippen LogP contribution is -2.14. The quantitative estimate of drug-likeness (QED) is 0.751. The van der Waals surface area contributed by atoms with Gasteiger partial charge < -0.3 is 4.74 Å². The van der Waals surface area contributed by atoms with Crippen LogP contribution in [0.5, 0.6) is 5.88 Å². The summed E-state index contributed by atoms with van der Waals surface area (Å²) >= 11 is 4.46. The SMILES string of the molecule is COc1ccc(CC(C)(C)S)cn1. The van der Waals surface area contributed by atoms with Crippen molar-refractivity contribution in [1.82, 2.24) is 4.98 Å². The van der Waals surface area contributed by atoms with Gasteiger partial charge in [0.1, 0.15) is 0 Å². The summed E-state index contributed by atoms with van der Waals surface area (Å²) in [5.41, 5.74) is 1.18. The average molecular weight is 197 g/mol. The largest absolute Gasteiger partial charge is 0.481 e. The molecule has 0 saturated heterocycles. The fraction of sp³-hybridized carbons (Fsp3) is 0.500. The van der Waals surface area contributed by atoms with Gasteiger partial charge in [-0.2, -0.15) is 12.6 Å². The number of hydrogen-bond donors (Lipinski definition) is 1. The van der Waals surface area contributed by atoms with E-state index in [1.54, 1.807) is 7.11 Å². The Balaban J connectivity index is 2.70. The van der Waals surface area contributed by atoms with Crippen LogP contribution in [-0.4, -0.2) is 16.8 Å². The van der Waals surface area contributed by atoms with Crippen molar-refractivity contribution >= 4 is 12.6 Å².